The highest BCUT2D eigenvalue weighted by Gasteiger charge is 2.36. The van der Waals surface area contributed by atoms with E-state index in [0.29, 0.717) is 6.61 Å². The molecule has 0 radical (unpaired) electrons. The number of esters is 1. The molecule has 1 atom stereocenters. The Kier molecular flexibility index (Phi) is 5.84. The molecular formula is C12H24O3S. The van der Waals surface area contributed by atoms with Crippen LogP contribution in [0.5, 0.6) is 0 Å². The Balaban J connectivity index is 4.64. The quantitative estimate of drug-likeness (QED) is 0.701. The molecule has 0 bridgehead atoms. The molecule has 0 aromatic carbocycles. The molecule has 0 aliphatic carbocycles. The predicted octanol–water partition coefficient (Wildman–Crippen LogP) is 2.73. The Morgan fingerprint density at radius 1 is 1.25 bits per heavy atom. The first-order valence-electron chi connectivity index (χ1n) is 5.41. The highest BCUT2D eigenvalue weighted by Crippen LogP contribution is 2.32. The highest BCUT2D eigenvalue weighted by molar-refractivity contribution is 8.00. The van der Waals surface area contributed by atoms with Gasteiger partial charge in [-0.2, -0.15) is 11.8 Å². The molecule has 0 aromatic rings. The van der Waals surface area contributed by atoms with Crippen LogP contribution in [0, 0.1) is 5.92 Å². The Hall–Kier alpha value is -0.220. The molecule has 1 unspecified atom stereocenters. The van der Waals surface area contributed by atoms with Crippen molar-refractivity contribution in [2.75, 3.05) is 20.0 Å². The third-order valence-corrected chi connectivity index (χ3v) is 3.87. The topological polar surface area (TPSA) is 35.5 Å². The lowest BCUT2D eigenvalue weighted by Crippen LogP contribution is -2.40. The number of methoxy groups -OCH3 is 1. The van der Waals surface area contributed by atoms with Gasteiger partial charge in [-0.15, -0.1) is 0 Å². The largest absolute Gasteiger partial charge is 0.469 e. The van der Waals surface area contributed by atoms with Crippen molar-refractivity contribution in [3.63, 3.8) is 0 Å². The van der Waals surface area contributed by atoms with Gasteiger partial charge < -0.3 is 9.47 Å². The maximum absolute atomic E-state index is 11.7. The summed E-state index contributed by atoms with van der Waals surface area (Å²) in [6.45, 7) is 10.4. The monoisotopic (exact) mass is 248 g/mol. The van der Waals surface area contributed by atoms with E-state index in [2.05, 4.69) is 0 Å². The third kappa shape index (κ3) is 5.21. The van der Waals surface area contributed by atoms with Gasteiger partial charge in [-0.3, -0.25) is 4.79 Å². The third-order valence-electron chi connectivity index (χ3n) is 2.53. The Morgan fingerprint density at radius 3 is 2.06 bits per heavy atom. The number of carbonyl (C=O) groups is 1. The van der Waals surface area contributed by atoms with E-state index in [-0.39, 0.29) is 22.2 Å². The number of hydrogen-bond acceptors (Lipinski definition) is 4. The summed E-state index contributed by atoms with van der Waals surface area (Å²) in [5.41, 5.74) is -0.235. The van der Waals surface area contributed by atoms with Gasteiger partial charge in [0.1, 0.15) is 0 Å². The van der Waals surface area contributed by atoms with E-state index >= 15 is 0 Å². The van der Waals surface area contributed by atoms with Crippen LogP contribution in [0.3, 0.4) is 0 Å². The molecule has 0 saturated carbocycles. The molecule has 3 nitrogen and oxygen atoms in total. The van der Waals surface area contributed by atoms with Gasteiger partial charge in [0, 0.05) is 4.75 Å². The summed E-state index contributed by atoms with van der Waals surface area (Å²) in [5.74, 6) is -0.449. The van der Waals surface area contributed by atoms with Gasteiger partial charge in [0.05, 0.1) is 25.2 Å². The molecule has 0 saturated heterocycles. The summed E-state index contributed by atoms with van der Waals surface area (Å²) in [6, 6.07) is 0. The summed E-state index contributed by atoms with van der Waals surface area (Å²) < 4.78 is 10.3. The van der Waals surface area contributed by atoms with Crippen LogP contribution >= 0.6 is 11.8 Å². The van der Waals surface area contributed by atoms with E-state index in [4.69, 9.17) is 9.47 Å². The van der Waals surface area contributed by atoms with E-state index < -0.39 is 0 Å². The lowest BCUT2D eigenvalue weighted by Gasteiger charge is -2.32. The first-order chi connectivity index (χ1) is 7.14. The molecule has 16 heavy (non-hydrogen) atoms. The second kappa shape index (κ2) is 5.92. The van der Waals surface area contributed by atoms with Crippen molar-refractivity contribution in [3.8, 4) is 0 Å². The summed E-state index contributed by atoms with van der Waals surface area (Å²) in [6.07, 6.45) is 1.99. The molecular weight excluding hydrogens is 224 g/mol. The van der Waals surface area contributed by atoms with E-state index in [1.807, 2.05) is 40.9 Å². The standard InChI is InChI=1S/C12H24O3S/c1-11(2,3)15-8-9(10(13)14-6)12(4,5)16-7/h9H,8H2,1-7H3. The number of thioether (sulfide) groups is 1. The number of carbonyl (C=O) groups excluding carboxylic acids is 1. The van der Waals surface area contributed by atoms with Gasteiger partial charge in [-0.25, -0.2) is 0 Å². The Bertz CT molecular complexity index is 231. The zero-order valence-corrected chi connectivity index (χ0v) is 12.2. The molecule has 0 aliphatic rings. The van der Waals surface area contributed by atoms with Crippen LogP contribution in [0.4, 0.5) is 0 Å². The minimum absolute atomic E-state index is 0.182. The molecule has 0 rings (SSSR count). The summed E-state index contributed by atoms with van der Waals surface area (Å²) in [7, 11) is 1.42. The van der Waals surface area contributed by atoms with Crippen molar-refractivity contribution in [1.82, 2.24) is 0 Å². The zero-order chi connectivity index (χ0) is 13.0. The predicted molar refractivity (Wildman–Crippen MR) is 68.8 cm³/mol. The average Bonchev–Trinajstić information content (AvgIpc) is 2.15. The van der Waals surface area contributed by atoms with E-state index in [9.17, 15) is 4.79 Å². The Labute approximate surface area is 103 Å². The highest BCUT2D eigenvalue weighted by atomic mass is 32.2. The lowest BCUT2D eigenvalue weighted by molar-refractivity contribution is -0.150. The maximum atomic E-state index is 11.7. The fourth-order valence-corrected chi connectivity index (χ4v) is 1.62. The minimum Gasteiger partial charge on any atom is -0.469 e. The first-order valence-corrected chi connectivity index (χ1v) is 6.63. The Morgan fingerprint density at radius 2 is 1.75 bits per heavy atom. The van der Waals surface area contributed by atoms with E-state index in [0.717, 1.165) is 0 Å². The van der Waals surface area contributed by atoms with Crippen molar-refractivity contribution in [1.29, 1.82) is 0 Å². The number of hydrogen-bond donors (Lipinski definition) is 0. The molecule has 96 valence electrons. The number of ether oxygens (including phenoxy) is 2. The second-order valence-electron chi connectivity index (χ2n) is 5.31. The molecule has 0 heterocycles. The van der Waals surface area contributed by atoms with Crippen LogP contribution < -0.4 is 0 Å². The number of rotatable bonds is 5. The normalized spacial score (nSPS) is 14.7. The fourth-order valence-electron chi connectivity index (χ4n) is 1.17. The van der Waals surface area contributed by atoms with Crippen LogP contribution in [-0.4, -0.2) is 36.3 Å². The van der Waals surface area contributed by atoms with Crippen LogP contribution in [0.15, 0.2) is 0 Å². The fraction of sp³-hybridized carbons (Fsp3) is 0.917. The molecule has 0 aromatic heterocycles. The summed E-state index contributed by atoms with van der Waals surface area (Å²) in [5, 5.41) is 0. The van der Waals surface area contributed by atoms with Gasteiger partial charge in [-0.1, -0.05) is 0 Å². The second-order valence-corrected chi connectivity index (χ2v) is 6.77. The average molecular weight is 248 g/mol. The zero-order valence-electron chi connectivity index (χ0n) is 11.4. The lowest BCUT2D eigenvalue weighted by atomic mass is 9.95. The molecule has 4 heteroatoms. The van der Waals surface area contributed by atoms with Gasteiger partial charge in [0.2, 0.25) is 0 Å². The van der Waals surface area contributed by atoms with Gasteiger partial charge in [-0.05, 0) is 40.9 Å². The molecule has 0 N–H and O–H groups in total. The van der Waals surface area contributed by atoms with E-state index in [1.165, 1.54) is 7.11 Å². The van der Waals surface area contributed by atoms with Crippen LogP contribution in [0.1, 0.15) is 34.6 Å². The first kappa shape index (κ1) is 15.8. The smallest absolute Gasteiger partial charge is 0.312 e. The summed E-state index contributed by atoms with van der Waals surface area (Å²) >= 11 is 1.65. The van der Waals surface area contributed by atoms with Gasteiger partial charge >= 0.3 is 5.97 Å². The van der Waals surface area contributed by atoms with Crippen molar-refractivity contribution >= 4 is 17.7 Å². The van der Waals surface area contributed by atoms with Crippen LogP contribution in [-0.2, 0) is 14.3 Å². The van der Waals surface area contributed by atoms with Crippen molar-refractivity contribution < 1.29 is 14.3 Å². The van der Waals surface area contributed by atoms with Gasteiger partial charge in [0.15, 0.2) is 0 Å². The van der Waals surface area contributed by atoms with Gasteiger partial charge in [0.25, 0.3) is 0 Å². The maximum Gasteiger partial charge on any atom is 0.312 e. The van der Waals surface area contributed by atoms with Crippen molar-refractivity contribution in [3.05, 3.63) is 0 Å². The molecule has 0 aliphatic heterocycles. The summed E-state index contributed by atoms with van der Waals surface area (Å²) in [4.78, 5) is 11.7. The molecule has 0 amide bonds. The SMILES string of the molecule is COC(=O)C(COC(C)(C)C)C(C)(C)SC. The van der Waals surface area contributed by atoms with Crippen molar-refractivity contribution in [2.45, 2.75) is 45.0 Å². The van der Waals surface area contributed by atoms with Crippen molar-refractivity contribution in [2.24, 2.45) is 5.92 Å². The van der Waals surface area contributed by atoms with Crippen LogP contribution in [0.2, 0.25) is 0 Å². The molecule has 0 spiro atoms. The molecule has 0 fully saturated rings. The minimum atomic E-state index is -0.244. The van der Waals surface area contributed by atoms with E-state index in [1.54, 1.807) is 11.8 Å². The van der Waals surface area contributed by atoms with Crippen LogP contribution in [0.25, 0.3) is 0 Å².